The molecule has 1 saturated heterocycles. The molecule has 0 aliphatic carbocycles. The molecule has 0 spiro atoms. The van der Waals surface area contributed by atoms with Gasteiger partial charge >= 0.3 is 6.03 Å². The number of rotatable bonds is 5. The Morgan fingerprint density at radius 3 is 2.19 bits per heavy atom. The van der Waals surface area contributed by atoms with Crippen molar-refractivity contribution >= 4 is 18.2 Å². The van der Waals surface area contributed by atoms with Crippen LogP contribution in [0.4, 0.5) is 4.79 Å². The molecule has 1 aliphatic rings. The lowest BCUT2D eigenvalue weighted by molar-refractivity contribution is -0.130. The standard InChI is InChI=1S/C23H20N4O4/c1-15-20(29)19(16(14-28)12-24-15)13-25-27-21(30)23(26-22(27)31,17-8-4-2-5-9-17)18-10-6-3-7-11-18/h2-13,28-29H,14H2,1H3,(H,26,31)/b25-13+. The lowest BCUT2D eigenvalue weighted by Gasteiger charge is -2.27. The van der Waals surface area contributed by atoms with Gasteiger partial charge < -0.3 is 15.5 Å². The number of aryl methyl sites for hydroxylation is 1. The molecule has 1 aromatic heterocycles. The van der Waals surface area contributed by atoms with Crippen molar-refractivity contribution in [1.29, 1.82) is 0 Å². The van der Waals surface area contributed by atoms with E-state index in [9.17, 15) is 19.8 Å². The molecule has 3 amide bonds. The lowest BCUT2D eigenvalue weighted by Crippen LogP contribution is -2.44. The first-order valence-corrected chi connectivity index (χ1v) is 9.59. The number of hydrogen-bond donors (Lipinski definition) is 3. The van der Waals surface area contributed by atoms with Crippen molar-refractivity contribution in [3.63, 3.8) is 0 Å². The Morgan fingerprint density at radius 2 is 1.65 bits per heavy atom. The summed E-state index contributed by atoms with van der Waals surface area (Å²) in [5, 5.41) is 27.4. The van der Waals surface area contributed by atoms with Crippen LogP contribution in [0.1, 0.15) is 27.9 Å². The van der Waals surface area contributed by atoms with Gasteiger partial charge in [-0.25, -0.2) is 4.79 Å². The summed E-state index contributed by atoms with van der Waals surface area (Å²) in [5.74, 6) is -0.762. The smallest absolute Gasteiger partial charge is 0.346 e. The third kappa shape index (κ3) is 3.32. The summed E-state index contributed by atoms with van der Waals surface area (Å²) in [6.07, 6.45) is 2.58. The van der Waals surface area contributed by atoms with Crippen LogP contribution in [-0.4, -0.2) is 38.4 Å². The first kappa shape index (κ1) is 20.2. The maximum atomic E-state index is 13.6. The van der Waals surface area contributed by atoms with E-state index in [1.807, 2.05) is 12.1 Å². The molecule has 0 atom stereocenters. The molecule has 156 valence electrons. The van der Waals surface area contributed by atoms with Crippen LogP contribution < -0.4 is 5.32 Å². The maximum absolute atomic E-state index is 13.6. The van der Waals surface area contributed by atoms with E-state index < -0.39 is 17.5 Å². The van der Waals surface area contributed by atoms with Gasteiger partial charge in [-0.2, -0.15) is 5.10 Å². The number of benzene rings is 2. The van der Waals surface area contributed by atoms with Crippen LogP contribution in [0.3, 0.4) is 0 Å². The summed E-state index contributed by atoms with van der Waals surface area (Å²) < 4.78 is 0. The molecule has 1 fully saturated rings. The average Bonchev–Trinajstić information content (AvgIpc) is 3.06. The number of nitrogens with one attached hydrogen (secondary N) is 1. The summed E-state index contributed by atoms with van der Waals surface area (Å²) in [7, 11) is 0. The van der Waals surface area contributed by atoms with E-state index >= 15 is 0 Å². The fraction of sp³-hybridized carbons (Fsp3) is 0.130. The molecule has 0 bridgehead atoms. The normalized spacial score (nSPS) is 15.5. The maximum Gasteiger partial charge on any atom is 0.346 e. The van der Waals surface area contributed by atoms with Crippen LogP contribution >= 0.6 is 0 Å². The third-order valence-electron chi connectivity index (χ3n) is 5.24. The highest BCUT2D eigenvalue weighted by Gasteiger charge is 2.54. The third-order valence-corrected chi connectivity index (χ3v) is 5.24. The molecular formula is C23H20N4O4. The van der Waals surface area contributed by atoms with E-state index in [1.165, 1.54) is 12.4 Å². The van der Waals surface area contributed by atoms with Crippen LogP contribution in [0.25, 0.3) is 0 Å². The summed E-state index contributed by atoms with van der Waals surface area (Å²) in [6.45, 7) is 1.21. The van der Waals surface area contributed by atoms with Crippen LogP contribution in [-0.2, 0) is 16.9 Å². The number of hydrogen-bond acceptors (Lipinski definition) is 6. The molecule has 0 unspecified atom stereocenters. The van der Waals surface area contributed by atoms with Gasteiger partial charge in [0.1, 0.15) is 5.75 Å². The van der Waals surface area contributed by atoms with Crippen LogP contribution in [0, 0.1) is 6.92 Å². The van der Waals surface area contributed by atoms with Gasteiger partial charge in [-0.15, -0.1) is 5.01 Å². The fourth-order valence-corrected chi connectivity index (χ4v) is 3.59. The van der Waals surface area contributed by atoms with Crippen molar-refractivity contribution in [2.75, 3.05) is 0 Å². The number of hydrazone groups is 1. The highest BCUT2D eigenvalue weighted by molar-refractivity contribution is 6.10. The number of aliphatic hydroxyl groups is 1. The van der Waals surface area contributed by atoms with Crippen molar-refractivity contribution in [2.24, 2.45) is 5.10 Å². The summed E-state index contributed by atoms with van der Waals surface area (Å²) in [4.78, 5) is 30.4. The van der Waals surface area contributed by atoms with Crippen LogP contribution in [0.15, 0.2) is 72.0 Å². The number of pyridine rings is 1. The molecule has 3 aromatic rings. The highest BCUT2D eigenvalue weighted by Crippen LogP contribution is 2.36. The van der Waals surface area contributed by atoms with Gasteiger partial charge in [0, 0.05) is 17.3 Å². The van der Waals surface area contributed by atoms with Crippen LogP contribution in [0.5, 0.6) is 5.75 Å². The molecule has 3 N–H and O–H groups in total. The second kappa shape index (κ2) is 8.00. The Morgan fingerprint density at radius 1 is 1.06 bits per heavy atom. The quantitative estimate of drug-likeness (QED) is 0.436. The monoisotopic (exact) mass is 416 g/mol. The van der Waals surface area contributed by atoms with Crippen molar-refractivity contribution in [1.82, 2.24) is 15.3 Å². The zero-order valence-corrected chi connectivity index (χ0v) is 16.7. The molecule has 8 nitrogen and oxygen atoms in total. The van der Waals surface area contributed by atoms with Gasteiger partial charge in [0.15, 0.2) is 5.54 Å². The van der Waals surface area contributed by atoms with Crippen molar-refractivity contribution in [3.8, 4) is 5.75 Å². The zero-order valence-electron chi connectivity index (χ0n) is 16.7. The van der Waals surface area contributed by atoms with E-state index in [0.29, 0.717) is 22.4 Å². The molecular weight excluding hydrogens is 396 g/mol. The molecule has 1 aliphatic heterocycles. The van der Waals surface area contributed by atoms with Gasteiger partial charge in [0.2, 0.25) is 0 Å². The number of nitrogens with zero attached hydrogens (tertiary/aromatic N) is 3. The SMILES string of the molecule is Cc1ncc(CO)c(/C=N/N2C(=O)NC(c3ccccc3)(c3ccccc3)C2=O)c1O. The van der Waals surface area contributed by atoms with E-state index in [-0.39, 0.29) is 17.9 Å². The Kier molecular flexibility index (Phi) is 5.22. The average molecular weight is 416 g/mol. The predicted octanol–water partition coefficient (Wildman–Crippen LogP) is 2.42. The molecule has 0 saturated carbocycles. The predicted molar refractivity (Wildman–Crippen MR) is 113 cm³/mol. The minimum Gasteiger partial charge on any atom is -0.505 e. The Hall–Kier alpha value is -4.04. The number of amides is 3. The number of urea groups is 1. The number of imide groups is 1. The van der Waals surface area contributed by atoms with Gasteiger partial charge in [0.05, 0.1) is 18.5 Å². The topological polar surface area (TPSA) is 115 Å². The summed E-state index contributed by atoms with van der Waals surface area (Å²) in [5.41, 5.74) is 0.585. The molecule has 2 heterocycles. The number of aromatic hydroxyl groups is 1. The largest absolute Gasteiger partial charge is 0.505 e. The van der Waals surface area contributed by atoms with E-state index in [4.69, 9.17) is 0 Å². The number of aliphatic hydroxyl groups excluding tert-OH is 1. The van der Waals surface area contributed by atoms with E-state index in [2.05, 4.69) is 15.4 Å². The van der Waals surface area contributed by atoms with Crippen LogP contribution in [0.2, 0.25) is 0 Å². The Balaban J connectivity index is 1.80. The van der Waals surface area contributed by atoms with E-state index in [1.54, 1.807) is 55.5 Å². The first-order chi connectivity index (χ1) is 15.0. The van der Waals surface area contributed by atoms with E-state index in [0.717, 1.165) is 5.01 Å². The van der Waals surface area contributed by atoms with Crippen molar-refractivity contribution < 1.29 is 19.8 Å². The van der Waals surface area contributed by atoms with Crippen molar-refractivity contribution in [2.45, 2.75) is 19.1 Å². The van der Waals surface area contributed by atoms with Gasteiger partial charge in [-0.05, 0) is 18.1 Å². The number of carbonyl (C=O) groups is 2. The minimum absolute atomic E-state index is 0.181. The van der Waals surface area contributed by atoms with Gasteiger partial charge in [-0.1, -0.05) is 60.7 Å². The molecule has 0 radical (unpaired) electrons. The number of aromatic nitrogens is 1. The molecule has 31 heavy (non-hydrogen) atoms. The summed E-state index contributed by atoms with van der Waals surface area (Å²) in [6, 6.07) is 17.2. The zero-order chi connectivity index (χ0) is 22.0. The highest BCUT2D eigenvalue weighted by atomic mass is 16.3. The second-order valence-corrected chi connectivity index (χ2v) is 7.06. The first-order valence-electron chi connectivity index (χ1n) is 9.59. The van der Waals surface area contributed by atoms with Crippen molar-refractivity contribution in [3.05, 3.63) is 94.8 Å². The minimum atomic E-state index is -1.44. The molecule has 2 aromatic carbocycles. The Labute approximate surface area is 178 Å². The second-order valence-electron chi connectivity index (χ2n) is 7.06. The molecule has 4 rings (SSSR count). The summed E-state index contributed by atoms with van der Waals surface area (Å²) >= 11 is 0. The fourth-order valence-electron chi connectivity index (χ4n) is 3.59. The Bertz CT molecular complexity index is 1120. The molecule has 8 heteroatoms. The van der Waals surface area contributed by atoms with Gasteiger partial charge in [-0.3, -0.25) is 9.78 Å². The lowest BCUT2D eigenvalue weighted by atomic mass is 9.83. The number of carbonyl (C=O) groups excluding carboxylic acids is 2. The van der Waals surface area contributed by atoms with Gasteiger partial charge in [0.25, 0.3) is 5.91 Å².